The van der Waals surface area contributed by atoms with Crippen molar-refractivity contribution in [3.8, 4) is 0 Å². The smallest absolute Gasteiger partial charge is 0.0735 e. The van der Waals surface area contributed by atoms with Crippen LogP contribution >= 0.6 is 0 Å². The first-order chi connectivity index (χ1) is 7.86. The number of ether oxygens (including phenoxy) is 1. The van der Waals surface area contributed by atoms with Crippen molar-refractivity contribution in [3.05, 3.63) is 0 Å². The highest BCUT2D eigenvalue weighted by molar-refractivity contribution is 4.96. The van der Waals surface area contributed by atoms with Gasteiger partial charge in [0.05, 0.1) is 12.2 Å². The second-order valence-corrected chi connectivity index (χ2v) is 5.56. The number of hydrogen-bond donors (Lipinski definition) is 1. The molecule has 0 aliphatic carbocycles. The number of hydrogen-bond acceptors (Lipinski definition) is 3. The van der Waals surface area contributed by atoms with Gasteiger partial charge in [-0.3, -0.25) is 4.90 Å². The molecule has 3 nitrogen and oxygen atoms in total. The molecule has 0 saturated carbocycles. The molecular weight excluding hydrogens is 200 g/mol. The van der Waals surface area contributed by atoms with Crippen LogP contribution in [0.3, 0.4) is 0 Å². The van der Waals surface area contributed by atoms with Gasteiger partial charge in [-0.1, -0.05) is 6.92 Å². The molecule has 3 heteroatoms. The lowest BCUT2D eigenvalue weighted by Crippen LogP contribution is -2.43. The van der Waals surface area contributed by atoms with Crippen molar-refractivity contribution in [2.75, 3.05) is 19.6 Å². The minimum Gasteiger partial charge on any atom is -0.373 e. The van der Waals surface area contributed by atoms with E-state index in [1.165, 1.54) is 45.2 Å². The second kappa shape index (κ2) is 4.63. The van der Waals surface area contributed by atoms with E-state index in [1.807, 2.05) is 0 Å². The summed E-state index contributed by atoms with van der Waals surface area (Å²) in [5, 5.41) is 3.65. The van der Waals surface area contributed by atoms with Crippen molar-refractivity contribution in [1.82, 2.24) is 10.2 Å². The number of nitrogens with zero attached hydrogens (tertiary/aromatic N) is 1. The average Bonchev–Trinajstić information content (AvgIpc) is 2.85. The summed E-state index contributed by atoms with van der Waals surface area (Å²) in [7, 11) is 0. The lowest BCUT2D eigenvalue weighted by molar-refractivity contribution is 0.0716. The van der Waals surface area contributed by atoms with Crippen molar-refractivity contribution in [3.63, 3.8) is 0 Å². The Labute approximate surface area is 98.5 Å². The van der Waals surface area contributed by atoms with E-state index in [1.54, 1.807) is 0 Å². The van der Waals surface area contributed by atoms with E-state index in [0.717, 1.165) is 18.6 Å². The zero-order valence-corrected chi connectivity index (χ0v) is 10.3. The molecule has 3 rings (SSSR count). The van der Waals surface area contributed by atoms with Crippen molar-refractivity contribution in [2.24, 2.45) is 0 Å². The zero-order chi connectivity index (χ0) is 11.0. The minimum atomic E-state index is 0.558. The monoisotopic (exact) mass is 224 g/mol. The third kappa shape index (κ3) is 2.01. The SMILES string of the molecule is CCC1CCN(C2CC3CCC2O3)CCN1. The van der Waals surface area contributed by atoms with Gasteiger partial charge in [0.1, 0.15) is 0 Å². The highest BCUT2D eigenvalue weighted by Gasteiger charge is 2.43. The summed E-state index contributed by atoms with van der Waals surface area (Å²) >= 11 is 0. The third-order valence-corrected chi connectivity index (χ3v) is 4.63. The predicted molar refractivity (Wildman–Crippen MR) is 64.6 cm³/mol. The van der Waals surface area contributed by atoms with Gasteiger partial charge < -0.3 is 10.1 Å². The van der Waals surface area contributed by atoms with Gasteiger partial charge in [-0.15, -0.1) is 0 Å². The largest absolute Gasteiger partial charge is 0.373 e. The van der Waals surface area contributed by atoms with Gasteiger partial charge in [0.15, 0.2) is 0 Å². The number of rotatable bonds is 2. The molecule has 0 spiro atoms. The maximum absolute atomic E-state index is 5.97. The van der Waals surface area contributed by atoms with Gasteiger partial charge >= 0.3 is 0 Å². The van der Waals surface area contributed by atoms with Gasteiger partial charge in [-0.05, 0) is 32.1 Å². The van der Waals surface area contributed by atoms with E-state index in [9.17, 15) is 0 Å². The Hall–Kier alpha value is -0.120. The normalized spacial score (nSPS) is 44.8. The van der Waals surface area contributed by atoms with E-state index in [0.29, 0.717) is 12.2 Å². The first kappa shape index (κ1) is 11.0. The molecule has 3 heterocycles. The van der Waals surface area contributed by atoms with Gasteiger partial charge in [-0.2, -0.15) is 0 Å². The summed E-state index contributed by atoms with van der Waals surface area (Å²) < 4.78 is 5.97. The molecule has 0 radical (unpaired) electrons. The Morgan fingerprint density at radius 2 is 2.19 bits per heavy atom. The van der Waals surface area contributed by atoms with Gasteiger partial charge in [-0.25, -0.2) is 0 Å². The minimum absolute atomic E-state index is 0.558. The Morgan fingerprint density at radius 3 is 2.88 bits per heavy atom. The molecule has 0 aromatic heterocycles. The van der Waals surface area contributed by atoms with E-state index in [4.69, 9.17) is 4.74 Å². The zero-order valence-electron chi connectivity index (χ0n) is 10.3. The van der Waals surface area contributed by atoms with Crippen molar-refractivity contribution < 1.29 is 4.74 Å². The van der Waals surface area contributed by atoms with E-state index < -0.39 is 0 Å². The van der Waals surface area contributed by atoms with Crippen LogP contribution in [-0.4, -0.2) is 48.8 Å². The van der Waals surface area contributed by atoms with E-state index in [2.05, 4.69) is 17.1 Å². The van der Waals surface area contributed by atoms with Crippen LogP contribution in [0, 0.1) is 0 Å². The molecule has 4 atom stereocenters. The summed E-state index contributed by atoms with van der Waals surface area (Å²) in [6.07, 6.45) is 7.63. The Kier molecular flexibility index (Phi) is 3.18. The molecule has 3 aliphatic heterocycles. The Bertz CT molecular complexity index is 246. The van der Waals surface area contributed by atoms with Crippen LogP contribution in [0.2, 0.25) is 0 Å². The highest BCUT2D eigenvalue weighted by Crippen LogP contribution is 2.37. The molecule has 1 N–H and O–H groups in total. The maximum atomic E-state index is 5.97. The van der Waals surface area contributed by atoms with E-state index >= 15 is 0 Å². The summed E-state index contributed by atoms with van der Waals surface area (Å²) in [5.41, 5.74) is 0. The lowest BCUT2D eigenvalue weighted by atomic mass is 9.94. The quantitative estimate of drug-likeness (QED) is 0.767. The fourth-order valence-electron chi connectivity index (χ4n) is 3.62. The molecule has 3 aliphatic rings. The van der Waals surface area contributed by atoms with Crippen LogP contribution in [0.1, 0.15) is 39.0 Å². The van der Waals surface area contributed by atoms with Crippen LogP contribution in [0.15, 0.2) is 0 Å². The van der Waals surface area contributed by atoms with Crippen molar-refractivity contribution in [2.45, 2.75) is 63.3 Å². The number of nitrogens with one attached hydrogen (secondary N) is 1. The van der Waals surface area contributed by atoms with Gasteiger partial charge in [0.25, 0.3) is 0 Å². The van der Waals surface area contributed by atoms with Crippen LogP contribution in [0.5, 0.6) is 0 Å². The third-order valence-electron chi connectivity index (χ3n) is 4.63. The molecule has 0 aromatic rings. The van der Waals surface area contributed by atoms with Gasteiger partial charge in [0.2, 0.25) is 0 Å². The van der Waals surface area contributed by atoms with Crippen LogP contribution < -0.4 is 5.32 Å². The fourth-order valence-corrected chi connectivity index (χ4v) is 3.62. The molecule has 4 unspecified atom stereocenters. The van der Waals surface area contributed by atoms with Crippen LogP contribution in [-0.2, 0) is 4.74 Å². The van der Waals surface area contributed by atoms with Crippen molar-refractivity contribution in [1.29, 1.82) is 0 Å². The molecule has 16 heavy (non-hydrogen) atoms. The molecule has 92 valence electrons. The molecule has 2 bridgehead atoms. The van der Waals surface area contributed by atoms with E-state index in [-0.39, 0.29) is 0 Å². The molecular formula is C13H24N2O. The van der Waals surface area contributed by atoms with Crippen molar-refractivity contribution >= 4 is 0 Å². The first-order valence-corrected chi connectivity index (χ1v) is 6.99. The fraction of sp³-hybridized carbons (Fsp3) is 1.00. The summed E-state index contributed by atoms with van der Waals surface area (Å²) in [5.74, 6) is 0. The molecule has 3 fully saturated rings. The van der Waals surface area contributed by atoms with Crippen LogP contribution in [0.25, 0.3) is 0 Å². The average molecular weight is 224 g/mol. The molecule has 0 aromatic carbocycles. The maximum Gasteiger partial charge on any atom is 0.0735 e. The van der Waals surface area contributed by atoms with Gasteiger partial charge in [0, 0.05) is 31.7 Å². The van der Waals surface area contributed by atoms with Crippen LogP contribution in [0.4, 0.5) is 0 Å². The second-order valence-electron chi connectivity index (χ2n) is 5.56. The lowest BCUT2D eigenvalue weighted by Gasteiger charge is -2.31. The predicted octanol–water partition coefficient (Wildman–Crippen LogP) is 1.38. The standard InChI is InChI=1S/C13H24N2O/c1-2-10-5-7-15(8-6-14-10)12-9-11-3-4-13(12)16-11/h10-14H,2-9H2,1H3. The number of fused-ring (bicyclic) bond motifs is 2. The first-order valence-electron chi connectivity index (χ1n) is 6.99. The highest BCUT2D eigenvalue weighted by atomic mass is 16.5. The summed E-state index contributed by atoms with van der Waals surface area (Å²) in [6, 6.07) is 1.47. The topological polar surface area (TPSA) is 24.5 Å². The Balaban J connectivity index is 1.58. The molecule has 3 saturated heterocycles. The Morgan fingerprint density at radius 1 is 1.25 bits per heavy atom. The molecule has 0 amide bonds. The summed E-state index contributed by atoms with van der Waals surface area (Å²) in [4.78, 5) is 2.69. The summed E-state index contributed by atoms with van der Waals surface area (Å²) in [6.45, 7) is 5.93.